The molecule has 0 spiro atoms. The summed E-state index contributed by atoms with van der Waals surface area (Å²) in [7, 11) is 1.48. The van der Waals surface area contributed by atoms with E-state index in [1.807, 2.05) is 0 Å². The quantitative estimate of drug-likeness (QED) is 0.880. The van der Waals surface area contributed by atoms with Crippen LogP contribution in [0.1, 0.15) is 0 Å². The lowest BCUT2D eigenvalue weighted by atomic mass is 10.0. The fourth-order valence-electron chi connectivity index (χ4n) is 1.80. The van der Waals surface area contributed by atoms with Gasteiger partial charge in [0.1, 0.15) is 5.75 Å². The molecule has 0 bridgehead atoms. The maximum atomic E-state index is 12.1. The summed E-state index contributed by atoms with van der Waals surface area (Å²) in [5, 5.41) is 0. The van der Waals surface area contributed by atoms with Gasteiger partial charge in [-0.2, -0.15) is 13.2 Å². The summed E-state index contributed by atoms with van der Waals surface area (Å²) >= 11 is 0. The van der Waals surface area contributed by atoms with Crippen molar-refractivity contribution in [3.05, 3.63) is 36.5 Å². The first-order chi connectivity index (χ1) is 9.90. The first-order valence-electron chi connectivity index (χ1n) is 5.99. The Labute approximate surface area is 119 Å². The van der Waals surface area contributed by atoms with Crippen LogP contribution in [-0.2, 0) is 0 Å². The first kappa shape index (κ1) is 15.0. The van der Waals surface area contributed by atoms with E-state index in [1.165, 1.54) is 19.2 Å². The minimum atomic E-state index is -4.39. The molecule has 0 atom stereocenters. The Morgan fingerprint density at radius 1 is 1.19 bits per heavy atom. The molecule has 2 N–H and O–H groups in total. The fourth-order valence-corrected chi connectivity index (χ4v) is 1.80. The lowest BCUT2D eigenvalue weighted by molar-refractivity contribution is -0.153. The highest BCUT2D eigenvalue weighted by Gasteiger charge is 2.28. The van der Waals surface area contributed by atoms with Gasteiger partial charge in [0.05, 0.1) is 7.11 Å². The number of ether oxygens (including phenoxy) is 2. The summed E-state index contributed by atoms with van der Waals surface area (Å²) in [5.41, 5.74) is 7.41. The number of aromatic nitrogens is 1. The molecular formula is C14H13F3N2O2. The number of hydrogen-bond acceptors (Lipinski definition) is 4. The second-order valence-corrected chi connectivity index (χ2v) is 4.21. The predicted molar refractivity (Wildman–Crippen MR) is 72.2 cm³/mol. The van der Waals surface area contributed by atoms with E-state index in [0.29, 0.717) is 17.0 Å². The number of benzene rings is 1. The SMILES string of the molecule is COc1ncccc1-c1ccc(OCC(F)(F)F)cc1N. The predicted octanol–water partition coefficient (Wildman–Crippen LogP) is 3.28. The van der Waals surface area contributed by atoms with Crippen LogP contribution in [0.2, 0.25) is 0 Å². The summed E-state index contributed by atoms with van der Waals surface area (Å²) in [6.07, 6.45) is -2.82. The van der Waals surface area contributed by atoms with Gasteiger partial charge in [-0.25, -0.2) is 4.98 Å². The Hall–Kier alpha value is -2.44. The van der Waals surface area contributed by atoms with Crippen molar-refractivity contribution in [2.75, 3.05) is 19.5 Å². The standard InChI is InChI=1S/C14H13F3N2O2/c1-20-13-11(3-2-6-19-13)10-5-4-9(7-12(10)18)21-8-14(15,16)17/h2-7H,8,18H2,1H3. The summed E-state index contributed by atoms with van der Waals surface area (Å²) in [6, 6.07) is 7.80. The minimum Gasteiger partial charge on any atom is -0.484 e. The molecule has 1 heterocycles. The molecule has 7 heteroatoms. The zero-order chi connectivity index (χ0) is 15.5. The van der Waals surface area contributed by atoms with Crippen molar-refractivity contribution in [1.29, 1.82) is 0 Å². The molecule has 2 aromatic rings. The zero-order valence-electron chi connectivity index (χ0n) is 11.1. The van der Waals surface area contributed by atoms with E-state index < -0.39 is 12.8 Å². The van der Waals surface area contributed by atoms with Crippen molar-refractivity contribution in [3.8, 4) is 22.8 Å². The molecule has 112 valence electrons. The molecule has 4 nitrogen and oxygen atoms in total. The van der Waals surface area contributed by atoms with Crippen LogP contribution in [0.4, 0.5) is 18.9 Å². The molecule has 1 aromatic heterocycles. The van der Waals surface area contributed by atoms with Crippen LogP contribution in [0, 0.1) is 0 Å². The van der Waals surface area contributed by atoms with Crippen LogP contribution >= 0.6 is 0 Å². The van der Waals surface area contributed by atoms with Gasteiger partial charge in [-0.15, -0.1) is 0 Å². The van der Waals surface area contributed by atoms with Crippen molar-refractivity contribution in [1.82, 2.24) is 4.98 Å². The number of nitrogens with zero attached hydrogens (tertiary/aromatic N) is 1. The number of nitrogens with two attached hydrogens (primary N) is 1. The molecule has 21 heavy (non-hydrogen) atoms. The third-order valence-electron chi connectivity index (χ3n) is 2.68. The molecule has 0 radical (unpaired) electrons. The minimum absolute atomic E-state index is 0.0523. The van der Waals surface area contributed by atoms with E-state index in [9.17, 15) is 13.2 Å². The largest absolute Gasteiger partial charge is 0.484 e. The van der Waals surface area contributed by atoms with Gasteiger partial charge in [0.25, 0.3) is 0 Å². The number of halogens is 3. The molecule has 0 saturated heterocycles. The van der Waals surface area contributed by atoms with Crippen LogP contribution in [0.5, 0.6) is 11.6 Å². The van der Waals surface area contributed by atoms with Crippen molar-refractivity contribution < 1.29 is 22.6 Å². The van der Waals surface area contributed by atoms with Gasteiger partial charge in [-0.3, -0.25) is 0 Å². The Morgan fingerprint density at radius 2 is 1.95 bits per heavy atom. The smallest absolute Gasteiger partial charge is 0.422 e. The van der Waals surface area contributed by atoms with Gasteiger partial charge in [-0.1, -0.05) is 0 Å². The third kappa shape index (κ3) is 3.77. The highest BCUT2D eigenvalue weighted by molar-refractivity contribution is 5.80. The first-order valence-corrected chi connectivity index (χ1v) is 5.99. The Morgan fingerprint density at radius 3 is 2.57 bits per heavy atom. The fraction of sp³-hybridized carbons (Fsp3) is 0.214. The maximum Gasteiger partial charge on any atom is 0.422 e. The van der Waals surface area contributed by atoms with E-state index in [2.05, 4.69) is 9.72 Å². The number of anilines is 1. The monoisotopic (exact) mass is 298 g/mol. The van der Waals surface area contributed by atoms with Crippen molar-refractivity contribution >= 4 is 5.69 Å². The number of rotatable bonds is 4. The van der Waals surface area contributed by atoms with E-state index in [-0.39, 0.29) is 11.4 Å². The lowest BCUT2D eigenvalue weighted by Crippen LogP contribution is -2.19. The van der Waals surface area contributed by atoms with Gasteiger partial charge in [-0.05, 0) is 24.3 Å². The number of methoxy groups -OCH3 is 1. The molecule has 0 aliphatic rings. The number of alkyl halides is 3. The van der Waals surface area contributed by atoms with Crippen molar-refractivity contribution in [3.63, 3.8) is 0 Å². The highest BCUT2D eigenvalue weighted by Crippen LogP contribution is 2.34. The molecule has 0 aliphatic heterocycles. The van der Waals surface area contributed by atoms with Crippen LogP contribution < -0.4 is 15.2 Å². The number of nitrogen functional groups attached to an aromatic ring is 1. The van der Waals surface area contributed by atoms with Crippen molar-refractivity contribution in [2.45, 2.75) is 6.18 Å². The third-order valence-corrected chi connectivity index (χ3v) is 2.68. The van der Waals surface area contributed by atoms with E-state index in [4.69, 9.17) is 10.5 Å². The summed E-state index contributed by atoms with van der Waals surface area (Å²) < 4.78 is 46.1. The molecule has 2 rings (SSSR count). The number of hydrogen-bond donors (Lipinski definition) is 1. The zero-order valence-corrected chi connectivity index (χ0v) is 11.1. The van der Waals surface area contributed by atoms with Crippen LogP contribution in [0.15, 0.2) is 36.5 Å². The van der Waals surface area contributed by atoms with Gasteiger partial charge in [0.2, 0.25) is 5.88 Å². The molecule has 0 fully saturated rings. The lowest BCUT2D eigenvalue weighted by Gasteiger charge is -2.13. The maximum absolute atomic E-state index is 12.1. The van der Waals surface area contributed by atoms with E-state index in [1.54, 1.807) is 24.4 Å². The average molecular weight is 298 g/mol. The Balaban J connectivity index is 2.27. The van der Waals surface area contributed by atoms with Gasteiger partial charge >= 0.3 is 6.18 Å². The molecule has 0 amide bonds. The average Bonchev–Trinajstić information content (AvgIpc) is 2.44. The van der Waals surface area contributed by atoms with E-state index in [0.717, 1.165) is 0 Å². The second-order valence-electron chi connectivity index (χ2n) is 4.21. The van der Waals surface area contributed by atoms with Crippen LogP contribution in [0.3, 0.4) is 0 Å². The molecule has 0 aliphatic carbocycles. The van der Waals surface area contributed by atoms with Crippen LogP contribution in [-0.4, -0.2) is 24.9 Å². The summed E-state index contributed by atoms with van der Waals surface area (Å²) in [6.45, 7) is -1.36. The van der Waals surface area contributed by atoms with Crippen LogP contribution in [0.25, 0.3) is 11.1 Å². The van der Waals surface area contributed by atoms with E-state index >= 15 is 0 Å². The summed E-state index contributed by atoms with van der Waals surface area (Å²) in [4.78, 5) is 4.05. The Kier molecular flexibility index (Phi) is 4.21. The Bertz CT molecular complexity index is 630. The highest BCUT2D eigenvalue weighted by atomic mass is 19.4. The molecule has 1 aromatic carbocycles. The second kappa shape index (κ2) is 5.90. The van der Waals surface area contributed by atoms with Gasteiger partial charge in [0, 0.05) is 29.1 Å². The topological polar surface area (TPSA) is 57.4 Å². The van der Waals surface area contributed by atoms with Gasteiger partial charge in [0.15, 0.2) is 6.61 Å². The number of pyridine rings is 1. The molecule has 0 unspecified atom stereocenters. The molecular weight excluding hydrogens is 285 g/mol. The summed E-state index contributed by atoms with van der Waals surface area (Å²) in [5.74, 6) is 0.435. The van der Waals surface area contributed by atoms with Crippen molar-refractivity contribution in [2.24, 2.45) is 0 Å². The normalized spacial score (nSPS) is 11.2. The molecule has 0 saturated carbocycles. The van der Waals surface area contributed by atoms with Gasteiger partial charge < -0.3 is 15.2 Å².